The summed E-state index contributed by atoms with van der Waals surface area (Å²) in [7, 11) is -3.75. The average Bonchev–Trinajstić information content (AvgIpc) is 3.28. The van der Waals surface area contributed by atoms with E-state index in [0.717, 1.165) is 50.2 Å². The molecule has 8 aromatic carbocycles. The third kappa shape index (κ3) is 7.47. The SMILES string of the molecule is Cc1cc(C)c(N2c3ccccc3Sc3cc(C=Cc4ccc(-c5ccc(C=Cc6ccc7c(c6)S(=O)(=O)c6ccccc6N7c6c(C)cc(C)cc6C)cc5)cc4)ccc32)c(C)c1. The maximum absolute atomic E-state index is 14.1. The van der Waals surface area contributed by atoms with E-state index in [2.05, 4.69) is 179 Å². The normalized spacial score (nSPS) is 13.8. The van der Waals surface area contributed by atoms with E-state index in [0.29, 0.717) is 21.2 Å². The Kier molecular flexibility index (Phi) is 10.5. The van der Waals surface area contributed by atoms with Gasteiger partial charge < -0.3 is 9.80 Å². The lowest BCUT2D eigenvalue weighted by molar-refractivity contribution is 0.595. The molecule has 0 saturated carbocycles. The van der Waals surface area contributed by atoms with Crippen molar-refractivity contribution in [1.82, 2.24) is 0 Å². The van der Waals surface area contributed by atoms with E-state index in [1.165, 1.54) is 49.1 Å². The summed E-state index contributed by atoms with van der Waals surface area (Å²) in [4.78, 5) is 7.67. The van der Waals surface area contributed by atoms with Gasteiger partial charge in [0.25, 0.3) is 0 Å². The highest BCUT2D eigenvalue weighted by atomic mass is 32.2. The summed E-state index contributed by atoms with van der Waals surface area (Å²) in [6.07, 6.45) is 8.40. The molecule has 10 rings (SSSR count). The first-order valence-electron chi connectivity index (χ1n) is 21.6. The van der Waals surface area contributed by atoms with Crippen molar-refractivity contribution in [2.75, 3.05) is 9.80 Å². The lowest BCUT2D eigenvalue weighted by Crippen LogP contribution is -2.23. The van der Waals surface area contributed by atoms with E-state index >= 15 is 0 Å². The minimum absolute atomic E-state index is 0.310. The number of nitrogens with zero attached hydrogens (tertiary/aromatic N) is 2. The maximum atomic E-state index is 14.1. The molecule has 8 aromatic rings. The monoisotopic (exact) mass is 868 g/mol. The second-order valence-corrected chi connectivity index (χ2v) is 20.0. The zero-order valence-electron chi connectivity index (χ0n) is 36.8. The quantitative estimate of drug-likeness (QED) is 0.149. The zero-order valence-corrected chi connectivity index (χ0v) is 38.5. The average molecular weight is 869 g/mol. The Morgan fingerprint density at radius 3 is 1.36 bits per heavy atom. The molecule has 0 aliphatic carbocycles. The number of aryl methyl sites for hydroxylation is 6. The van der Waals surface area contributed by atoms with Crippen LogP contribution in [0.2, 0.25) is 0 Å². The zero-order chi connectivity index (χ0) is 44.3. The smallest absolute Gasteiger partial charge is 0.210 e. The lowest BCUT2D eigenvalue weighted by Gasteiger charge is -2.35. The molecule has 2 aliphatic rings. The van der Waals surface area contributed by atoms with E-state index in [9.17, 15) is 8.42 Å². The molecule has 0 aromatic heterocycles. The van der Waals surface area contributed by atoms with Crippen molar-refractivity contribution in [3.8, 4) is 11.1 Å². The topological polar surface area (TPSA) is 40.6 Å². The van der Waals surface area contributed by atoms with Gasteiger partial charge in [0.15, 0.2) is 0 Å². The van der Waals surface area contributed by atoms with Crippen molar-refractivity contribution in [2.45, 2.75) is 61.1 Å². The van der Waals surface area contributed by atoms with Gasteiger partial charge in [-0.1, -0.05) is 156 Å². The van der Waals surface area contributed by atoms with Crippen LogP contribution in [-0.4, -0.2) is 8.42 Å². The first-order valence-corrected chi connectivity index (χ1v) is 23.9. The molecule has 0 atom stereocenters. The molecule has 2 heterocycles. The number of benzene rings is 8. The highest BCUT2D eigenvalue weighted by molar-refractivity contribution is 7.99. The van der Waals surface area contributed by atoms with Crippen LogP contribution in [0.25, 0.3) is 35.4 Å². The molecule has 2 aliphatic heterocycles. The van der Waals surface area contributed by atoms with Crippen molar-refractivity contribution in [3.05, 3.63) is 213 Å². The van der Waals surface area contributed by atoms with Gasteiger partial charge in [-0.25, -0.2) is 8.42 Å². The molecule has 0 radical (unpaired) electrons. The predicted octanol–water partition coefficient (Wildman–Crippen LogP) is 16.1. The minimum atomic E-state index is -3.75. The summed E-state index contributed by atoms with van der Waals surface area (Å²) in [5, 5.41) is 0. The van der Waals surface area contributed by atoms with Gasteiger partial charge >= 0.3 is 0 Å². The number of anilines is 6. The van der Waals surface area contributed by atoms with Crippen molar-refractivity contribution >= 4 is 80.0 Å². The van der Waals surface area contributed by atoms with Gasteiger partial charge in [-0.2, -0.15) is 0 Å². The summed E-state index contributed by atoms with van der Waals surface area (Å²) in [6.45, 7) is 12.9. The third-order valence-electron chi connectivity index (χ3n) is 12.3. The van der Waals surface area contributed by atoms with Crippen LogP contribution in [0, 0.1) is 41.5 Å². The molecule has 0 N–H and O–H groups in total. The van der Waals surface area contributed by atoms with E-state index in [-0.39, 0.29) is 0 Å². The van der Waals surface area contributed by atoms with Gasteiger partial charge in [-0.15, -0.1) is 0 Å². The van der Waals surface area contributed by atoms with E-state index in [1.54, 1.807) is 18.2 Å². The van der Waals surface area contributed by atoms with Crippen molar-refractivity contribution in [3.63, 3.8) is 0 Å². The number of sulfone groups is 1. The van der Waals surface area contributed by atoms with Crippen LogP contribution in [0.5, 0.6) is 0 Å². The first-order chi connectivity index (χ1) is 30.9. The second kappa shape index (κ2) is 16.4. The highest BCUT2D eigenvalue weighted by Crippen LogP contribution is 2.53. The fourth-order valence-electron chi connectivity index (χ4n) is 9.52. The van der Waals surface area contributed by atoms with Crippen molar-refractivity contribution < 1.29 is 8.42 Å². The molecule has 0 saturated heterocycles. The maximum Gasteiger partial charge on any atom is 0.210 e. The summed E-state index contributed by atoms with van der Waals surface area (Å²) in [5.74, 6) is 0. The molecule has 4 nitrogen and oxygen atoms in total. The van der Waals surface area contributed by atoms with Crippen molar-refractivity contribution in [1.29, 1.82) is 0 Å². The van der Waals surface area contributed by atoms with Crippen LogP contribution < -0.4 is 9.80 Å². The number of rotatable bonds is 7. The van der Waals surface area contributed by atoms with Crippen LogP contribution in [-0.2, 0) is 9.84 Å². The Balaban J connectivity index is 0.858. The number of hydrogen-bond donors (Lipinski definition) is 0. The standard InChI is InChI=1S/C58H48N2O2S2/c1-37-31-39(3)57(40(4)32-37)59-49-11-7-9-13-53(49)63-54-35-45(23-29-50(54)59)17-15-43-19-25-47(26-20-43)48-27-21-44(22-28-48)16-18-46-24-30-52-56(36-46)64(61,62)55-14-10-8-12-51(55)60(52)58-41(5)33-38(2)34-42(58)6/h7-36H,1-6H3. The predicted molar refractivity (Wildman–Crippen MR) is 270 cm³/mol. The van der Waals surface area contributed by atoms with Crippen LogP contribution in [0.4, 0.5) is 34.1 Å². The molecule has 6 heteroatoms. The molecule has 64 heavy (non-hydrogen) atoms. The van der Waals surface area contributed by atoms with Gasteiger partial charge in [-0.05, 0) is 146 Å². The Morgan fingerprint density at radius 1 is 0.391 bits per heavy atom. The van der Waals surface area contributed by atoms with E-state index < -0.39 is 9.84 Å². The van der Waals surface area contributed by atoms with Gasteiger partial charge in [-0.3, -0.25) is 0 Å². The van der Waals surface area contributed by atoms with Crippen LogP contribution in [0.3, 0.4) is 0 Å². The van der Waals surface area contributed by atoms with Crippen LogP contribution >= 0.6 is 11.8 Å². The molecular formula is C58H48N2O2S2. The van der Waals surface area contributed by atoms with Crippen LogP contribution in [0.1, 0.15) is 55.6 Å². The Morgan fingerprint density at radius 2 is 0.797 bits per heavy atom. The summed E-state index contributed by atoms with van der Waals surface area (Å²) in [6, 6.07) is 54.5. The van der Waals surface area contributed by atoms with E-state index in [1.807, 2.05) is 48.2 Å². The van der Waals surface area contributed by atoms with Gasteiger partial charge in [0, 0.05) is 9.79 Å². The first kappa shape index (κ1) is 41.2. The Bertz CT molecular complexity index is 3280. The lowest BCUT2D eigenvalue weighted by atomic mass is 10.0. The molecule has 0 spiro atoms. The number of hydrogen-bond acceptors (Lipinski definition) is 5. The Labute approximate surface area is 381 Å². The van der Waals surface area contributed by atoms with Gasteiger partial charge in [0.1, 0.15) is 0 Å². The molecule has 0 amide bonds. The Hall–Kier alpha value is -6.86. The number of para-hydroxylation sites is 2. The fourth-order valence-corrected chi connectivity index (χ4v) is 12.3. The summed E-state index contributed by atoms with van der Waals surface area (Å²) >= 11 is 1.83. The van der Waals surface area contributed by atoms with Gasteiger partial charge in [0.2, 0.25) is 9.84 Å². The van der Waals surface area contributed by atoms with Crippen molar-refractivity contribution in [2.24, 2.45) is 0 Å². The largest absolute Gasteiger partial charge is 0.308 e. The highest BCUT2D eigenvalue weighted by Gasteiger charge is 2.36. The van der Waals surface area contributed by atoms with E-state index in [4.69, 9.17) is 0 Å². The second-order valence-electron chi connectivity index (χ2n) is 17.1. The van der Waals surface area contributed by atoms with Gasteiger partial charge in [0.05, 0.1) is 43.9 Å². The third-order valence-corrected chi connectivity index (χ3v) is 15.2. The summed E-state index contributed by atoms with van der Waals surface area (Å²) < 4.78 is 28.2. The minimum Gasteiger partial charge on any atom is -0.308 e. The molecule has 0 fully saturated rings. The summed E-state index contributed by atoms with van der Waals surface area (Å²) in [5.41, 5.74) is 19.6. The number of fused-ring (bicyclic) bond motifs is 4. The molecule has 0 bridgehead atoms. The molecule has 0 unspecified atom stereocenters. The van der Waals surface area contributed by atoms with Crippen LogP contribution in [0.15, 0.2) is 177 Å². The molecule has 314 valence electrons. The molecular weight excluding hydrogens is 821 g/mol. The fraction of sp³-hybridized carbons (Fsp3) is 0.103.